The van der Waals surface area contributed by atoms with Crippen molar-refractivity contribution in [1.82, 2.24) is 4.98 Å². The molecule has 0 bridgehead atoms. The zero-order valence-electron chi connectivity index (χ0n) is 11.0. The van der Waals surface area contributed by atoms with E-state index >= 15 is 0 Å². The molecule has 0 fully saturated rings. The largest absolute Gasteiger partial charge is 0.506 e. The van der Waals surface area contributed by atoms with Crippen molar-refractivity contribution in [3.8, 4) is 22.9 Å². The summed E-state index contributed by atoms with van der Waals surface area (Å²) < 4.78 is 13.9. The maximum atomic E-state index is 13.9. The number of fused-ring (bicyclic) bond motifs is 1. The number of pyridine rings is 1. The molecule has 22 heavy (non-hydrogen) atoms. The van der Waals surface area contributed by atoms with E-state index < -0.39 is 17.1 Å². The molecule has 0 radical (unpaired) electrons. The first-order chi connectivity index (χ1) is 10.5. The molecule has 0 aliphatic heterocycles. The zero-order valence-corrected chi connectivity index (χ0v) is 11.8. The lowest BCUT2D eigenvalue weighted by Gasteiger charge is -2.09. The third-order valence-corrected chi connectivity index (χ3v) is 3.65. The number of benzene rings is 2. The number of nitrogens with one attached hydrogen (secondary N) is 1. The van der Waals surface area contributed by atoms with Crippen LogP contribution in [0.15, 0.2) is 41.2 Å². The smallest absolute Gasteiger partial charge is 0.260 e. The van der Waals surface area contributed by atoms with Crippen LogP contribution >= 0.6 is 11.6 Å². The van der Waals surface area contributed by atoms with Crippen molar-refractivity contribution in [2.75, 3.05) is 0 Å². The molecular formula is C16H8ClFN2O2. The van der Waals surface area contributed by atoms with Crippen LogP contribution < -0.4 is 5.56 Å². The molecule has 6 heteroatoms. The third-order valence-electron chi connectivity index (χ3n) is 3.34. The van der Waals surface area contributed by atoms with Crippen LogP contribution in [-0.2, 0) is 0 Å². The van der Waals surface area contributed by atoms with E-state index in [1.165, 1.54) is 30.3 Å². The summed E-state index contributed by atoms with van der Waals surface area (Å²) in [6.45, 7) is 0. The molecule has 4 nitrogen and oxygen atoms in total. The van der Waals surface area contributed by atoms with Crippen LogP contribution in [0.2, 0.25) is 5.02 Å². The molecule has 0 unspecified atom stereocenters. The summed E-state index contributed by atoms with van der Waals surface area (Å²) in [5.74, 6) is -1.02. The molecule has 0 amide bonds. The summed E-state index contributed by atoms with van der Waals surface area (Å²) in [4.78, 5) is 14.7. The van der Waals surface area contributed by atoms with Crippen LogP contribution in [-0.4, -0.2) is 10.1 Å². The van der Waals surface area contributed by atoms with Gasteiger partial charge < -0.3 is 10.1 Å². The maximum Gasteiger partial charge on any atom is 0.260 e. The molecule has 2 N–H and O–H groups in total. The van der Waals surface area contributed by atoms with Crippen molar-refractivity contribution in [1.29, 1.82) is 5.26 Å². The summed E-state index contributed by atoms with van der Waals surface area (Å²) in [5.41, 5.74) is -0.424. The summed E-state index contributed by atoms with van der Waals surface area (Å²) in [7, 11) is 0. The van der Waals surface area contributed by atoms with Gasteiger partial charge in [0.05, 0.1) is 21.7 Å². The molecule has 2 aromatic carbocycles. The van der Waals surface area contributed by atoms with Gasteiger partial charge >= 0.3 is 0 Å². The van der Waals surface area contributed by atoms with Crippen molar-refractivity contribution in [3.05, 3.63) is 63.2 Å². The van der Waals surface area contributed by atoms with Crippen molar-refractivity contribution >= 4 is 22.5 Å². The lowest BCUT2D eigenvalue weighted by Crippen LogP contribution is -2.10. The van der Waals surface area contributed by atoms with Gasteiger partial charge in [-0.25, -0.2) is 4.39 Å². The number of hydrogen-bond donors (Lipinski definition) is 2. The Morgan fingerprint density at radius 1 is 1.27 bits per heavy atom. The Morgan fingerprint density at radius 2 is 2.00 bits per heavy atom. The Hall–Kier alpha value is -2.84. The van der Waals surface area contributed by atoms with E-state index in [0.717, 1.165) is 0 Å². The SMILES string of the molecule is N#Cc1cc2c(O)c(-c3ccccc3F)c(=O)[nH]c2cc1Cl. The molecule has 0 saturated carbocycles. The van der Waals surface area contributed by atoms with Crippen molar-refractivity contribution in [2.24, 2.45) is 0 Å². The van der Waals surface area contributed by atoms with Crippen LogP contribution in [0, 0.1) is 17.1 Å². The van der Waals surface area contributed by atoms with E-state index in [1.54, 1.807) is 6.07 Å². The predicted molar refractivity (Wildman–Crippen MR) is 81.4 cm³/mol. The highest BCUT2D eigenvalue weighted by Gasteiger charge is 2.18. The number of nitrogens with zero attached hydrogens (tertiary/aromatic N) is 1. The summed E-state index contributed by atoms with van der Waals surface area (Å²) in [5, 5.41) is 19.8. The lowest BCUT2D eigenvalue weighted by atomic mass is 10.0. The first-order valence-corrected chi connectivity index (χ1v) is 6.64. The van der Waals surface area contributed by atoms with Gasteiger partial charge in [0.15, 0.2) is 0 Å². The van der Waals surface area contributed by atoms with E-state index in [1.807, 2.05) is 6.07 Å². The van der Waals surface area contributed by atoms with Gasteiger partial charge in [0.25, 0.3) is 5.56 Å². The minimum absolute atomic E-state index is 0.0170. The van der Waals surface area contributed by atoms with E-state index in [4.69, 9.17) is 16.9 Å². The zero-order chi connectivity index (χ0) is 15.9. The first kappa shape index (κ1) is 14.1. The Bertz CT molecular complexity index is 1010. The second-order valence-corrected chi connectivity index (χ2v) is 5.05. The minimum atomic E-state index is -0.643. The molecule has 108 valence electrons. The van der Waals surface area contributed by atoms with Gasteiger partial charge in [-0.1, -0.05) is 29.8 Å². The normalized spacial score (nSPS) is 10.6. The number of aromatic nitrogens is 1. The Balaban J connectivity index is 2.43. The second kappa shape index (κ2) is 5.17. The number of aromatic hydroxyl groups is 1. The van der Waals surface area contributed by atoms with E-state index in [2.05, 4.69) is 4.98 Å². The minimum Gasteiger partial charge on any atom is -0.506 e. The number of nitriles is 1. The average Bonchev–Trinajstić information content (AvgIpc) is 2.48. The molecule has 3 rings (SSSR count). The van der Waals surface area contributed by atoms with Crippen LogP contribution in [0.1, 0.15) is 5.56 Å². The Kier molecular flexibility index (Phi) is 3.32. The summed E-state index contributed by atoms with van der Waals surface area (Å²) >= 11 is 5.90. The summed E-state index contributed by atoms with van der Waals surface area (Å²) in [6.07, 6.45) is 0. The topological polar surface area (TPSA) is 76.9 Å². The Labute approximate surface area is 129 Å². The molecule has 0 saturated heterocycles. The van der Waals surface area contributed by atoms with Crippen molar-refractivity contribution < 1.29 is 9.50 Å². The van der Waals surface area contributed by atoms with Gasteiger partial charge in [0.1, 0.15) is 17.6 Å². The molecule has 1 heterocycles. The van der Waals surface area contributed by atoms with E-state index in [-0.39, 0.29) is 32.6 Å². The quantitative estimate of drug-likeness (QED) is 0.721. The van der Waals surface area contributed by atoms with Gasteiger partial charge in [0.2, 0.25) is 0 Å². The number of halogens is 2. The molecule has 0 aliphatic carbocycles. The number of rotatable bonds is 1. The van der Waals surface area contributed by atoms with Crippen LogP contribution in [0.25, 0.3) is 22.0 Å². The second-order valence-electron chi connectivity index (χ2n) is 4.65. The van der Waals surface area contributed by atoms with Gasteiger partial charge in [0, 0.05) is 10.9 Å². The van der Waals surface area contributed by atoms with Crippen LogP contribution in [0.4, 0.5) is 4.39 Å². The molecule has 3 aromatic rings. The monoisotopic (exact) mass is 314 g/mol. The van der Waals surface area contributed by atoms with Gasteiger partial charge in [-0.3, -0.25) is 4.79 Å². The van der Waals surface area contributed by atoms with E-state index in [9.17, 15) is 14.3 Å². The van der Waals surface area contributed by atoms with Crippen molar-refractivity contribution in [3.63, 3.8) is 0 Å². The maximum absolute atomic E-state index is 13.9. The number of hydrogen-bond acceptors (Lipinski definition) is 3. The van der Waals surface area contributed by atoms with Crippen LogP contribution in [0.3, 0.4) is 0 Å². The van der Waals surface area contributed by atoms with Crippen LogP contribution in [0.5, 0.6) is 5.75 Å². The fourth-order valence-electron chi connectivity index (χ4n) is 2.30. The van der Waals surface area contributed by atoms with Crippen molar-refractivity contribution in [2.45, 2.75) is 0 Å². The highest BCUT2D eigenvalue weighted by atomic mass is 35.5. The number of H-pyrrole nitrogens is 1. The standard InChI is InChI=1S/C16H8ClFN2O2/c17-11-6-13-10(5-8(11)7-19)15(21)14(16(22)20-13)9-3-1-2-4-12(9)18/h1-6H,(H2,20,21,22). The van der Waals surface area contributed by atoms with E-state index in [0.29, 0.717) is 0 Å². The molecular weight excluding hydrogens is 307 g/mol. The average molecular weight is 315 g/mol. The predicted octanol–water partition coefficient (Wildman–Crippen LogP) is 3.56. The third kappa shape index (κ3) is 2.10. The molecule has 0 aliphatic rings. The van der Waals surface area contributed by atoms with Gasteiger partial charge in [-0.05, 0) is 18.2 Å². The molecule has 0 atom stereocenters. The first-order valence-electron chi connectivity index (χ1n) is 6.26. The summed E-state index contributed by atoms with van der Waals surface area (Å²) in [6, 6.07) is 10.3. The highest BCUT2D eigenvalue weighted by molar-refractivity contribution is 6.32. The fraction of sp³-hybridized carbons (Fsp3) is 0. The lowest BCUT2D eigenvalue weighted by molar-refractivity contribution is 0.482. The van der Waals surface area contributed by atoms with Gasteiger partial charge in [-0.15, -0.1) is 0 Å². The molecule has 1 aromatic heterocycles. The Morgan fingerprint density at radius 3 is 2.68 bits per heavy atom. The fourth-order valence-corrected chi connectivity index (χ4v) is 2.51. The molecule has 0 spiro atoms. The highest BCUT2D eigenvalue weighted by Crippen LogP contribution is 2.35. The van der Waals surface area contributed by atoms with Gasteiger partial charge in [-0.2, -0.15) is 5.26 Å². The number of aromatic amines is 1.